The summed E-state index contributed by atoms with van der Waals surface area (Å²) in [6, 6.07) is 1.52. The highest BCUT2D eigenvalue weighted by Gasteiger charge is 2.37. The van der Waals surface area contributed by atoms with Crippen molar-refractivity contribution in [3.05, 3.63) is 38.4 Å². The van der Waals surface area contributed by atoms with Crippen LogP contribution in [0.4, 0.5) is 5.69 Å². The van der Waals surface area contributed by atoms with Crippen molar-refractivity contribution in [1.29, 1.82) is 0 Å². The van der Waals surface area contributed by atoms with E-state index in [9.17, 15) is 38.8 Å². The topological polar surface area (TPSA) is 158 Å². The number of fused-ring (bicyclic) bond motifs is 1. The second kappa shape index (κ2) is 8.26. The average Bonchev–Trinajstić information content (AvgIpc) is 2.61. The molecule has 0 atom stereocenters. The second-order valence-electron chi connectivity index (χ2n) is 6.70. The minimum absolute atomic E-state index is 0.0120. The highest BCUT2D eigenvalue weighted by Crippen LogP contribution is 2.47. The van der Waals surface area contributed by atoms with Gasteiger partial charge in [0.2, 0.25) is 0 Å². The van der Waals surface area contributed by atoms with E-state index >= 15 is 0 Å². The first kappa shape index (κ1) is 23.7. The van der Waals surface area contributed by atoms with E-state index in [4.69, 9.17) is 0 Å². The quantitative estimate of drug-likeness (QED) is 0.288. The molecule has 0 aliphatic carbocycles. The van der Waals surface area contributed by atoms with Gasteiger partial charge in [-0.25, -0.2) is 0 Å². The number of nitrogens with zero attached hydrogens (tertiary/aromatic N) is 1. The van der Waals surface area contributed by atoms with Crippen molar-refractivity contribution in [3.8, 4) is 0 Å². The Bertz CT molecular complexity index is 1080. The van der Waals surface area contributed by atoms with Crippen LogP contribution in [-0.4, -0.2) is 24.5 Å². The van der Waals surface area contributed by atoms with Gasteiger partial charge in [0.1, 0.15) is 0 Å². The fourth-order valence-electron chi connectivity index (χ4n) is 4.10. The summed E-state index contributed by atoms with van der Waals surface area (Å²) in [5.41, 5.74) is 0.399. The van der Waals surface area contributed by atoms with Gasteiger partial charge in [-0.05, 0) is 48.3 Å². The Morgan fingerprint density at radius 2 is 1.31 bits per heavy atom. The summed E-state index contributed by atoms with van der Waals surface area (Å²) < 4.78 is 24.9. The van der Waals surface area contributed by atoms with Gasteiger partial charge in [0.25, 0.3) is 5.69 Å². The molecule has 0 bridgehead atoms. The zero-order chi connectivity index (χ0) is 22.3. The lowest BCUT2D eigenvalue weighted by atomic mass is 9.90. The van der Waals surface area contributed by atoms with Gasteiger partial charge in [-0.1, -0.05) is 27.7 Å². The predicted octanol–water partition coefficient (Wildman–Crippen LogP) is 2.60. The van der Waals surface area contributed by atoms with Crippen molar-refractivity contribution in [2.45, 2.75) is 53.4 Å². The largest absolute Gasteiger partial charge is 0.357 e. The van der Waals surface area contributed by atoms with Crippen LogP contribution in [0.15, 0.2) is 6.07 Å². The van der Waals surface area contributed by atoms with Crippen LogP contribution >= 0.6 is 15.2 Å². The summed E-state index contributed by atoms with van der Waals surface area (Å²) in [6.07, 6.45) is 0.703. The van der Waals surface area contributed by atoms with Crippen LogP contribution < -0.4 is 10.6 Å². The molecule has 9 nitrogen and oxygen atoms in total. The molecule has 29 heavy (non-hydrogen) atoms. The molecule has 2 aromatic carbocycles. The van der Waals surface area contributed by atoms with Crippen molar-refractivity contribution >= 4 is 42.3 Å². The highest BCUT2D eigenvalue weighted by atomic mass is 31.2. The molecule has 2 aromatic rings. The molecule has 0 saturated carbocycles. The Kier molecular flexibility index (Phi) is 6.75. The molecule has 11 heteroatoms. The molecular weight excluding hydrogens is 420 g/mol. The molecule has 0 aliphatic rings. The van der Waals surface area contributed by atoms with Gasteiger partial charge >= 0.3 is 15.2 Å². The van der Waals surface area contributed by atoms with Crippen molar-refractivity contribution < 1.29 is 33.6 Å². The molecule has 0 aromatic heterocycles. The van der Waals surface area contributed by atoms with E-state index in [1.165, 1.54) is 6.07 Å². The van der Waals surface area contributed by atoms with Gasteiger partial charge < -0.3 is 19.6 Å². The summed E-state index contributed by atoms with van der Waals surface area (Å²) in [4.78, 5) is 51.5. The summed E-state index contributed by atoms with van der Waals surface area (Å²) >= 11 is 0. The molecule has 0 radical (unpaired) electrons. The van der Waals surface area contributed by atoms with Crippen LogP contribution in [0.25, 0.3) is 10.8 Å². The molecule has 2 rings (SSSR count). The molecule has 0 aliphatic heterocycles. The molecule has 0 fully saturated rings. The third-order valence-corrected chi connectivity index (χ3v) is 7.29. The molecule has 0 heterocycles. The zero-order valence-electron chi connectivity index (χ0n) is 16.7. The Hall–Kier alpha value is -1.60. The van der Waals surface area contributed by atoms with Crippen LogP contribution in [-0.2, 0) is 34.8 Å². The Morgan fingerprint density at radius 1 is 0.828 bits per heavy atom. The van der Waals surface area contributed by atoms with Gasteiger partial charge in [0.15, 0.2) is 0 Å². The Balaban J connectivity index is 3.48. The SMILES string of the molecule is CCc1cc2c(P(=O)(O)O)c(CC)c([N+](=O)[O-])c(CC)c2c(P(=O)(O)O)c1CC. The minimum Gasteiger partial charge on any atom is -0.321 e. The summed E-state index contributed by atoms with van der Waals surface area (Å²) in [5, 5.41) is 10.9. The fraction of sp³-hybridized carbons (Fsp3) is 0.444. The van der Waals surface area contributed by atoms with Crippen molar-refractivity contribution in [2.24, 2.45) is 0 Å². The number of benzene rings is 2. The molecule has 0 saturated heterocycles. The summed E-state index contributed by atoms with van der Waals surface area (Å²) in [5.74, 6) is 0. The highest BCUT2D eigenvalue weighted by molar-refractivity contribution is 7.61. The van der Waals surface area contributed by atoms with E-state index in [2.05, 4.69) is 0 Å². The number of aryl methyl sites for hydroxylation is 2. The van der Waals surface area contributed by atoms with Crippen LogP contribution in [0, 0.1) is 10.1 Å². The van der Waals surface area contributed by atoms with Crippen LogP contribution in [0.2, 0.25) is 0 Å². The summed E-state index contributed by atoms with van der Waals surface area (Å²) in [6.45, 7) is 6.65. The van der Waals surface area contributed by atoms with E-state index < -0.39 is 31.1 Å². The molecule has 0 spiro atoms. The van der Waals surface area contributed by atoms with Crippen LogP contribution in [0.5, 0.6) is 0 Å². The first-order chi connectivity index (χ1) is 13.3. The van der Waals surface area contributed by atoms with E-state index in [0.717, 1.165) is 0 Å². The number of nitro groups is 1. The molecule has 0 unspecified atom stereocenters. The molecule has 0 amide bonds. The third-order valence-electron chi connectivity index (χ3n) is 5.12. The predicted molar refractivity (Wildman–Crippen MR) is 111 cm³/mol. The Labute approximate surface area is 168 Å². The lowest BCUT2D eigenvalue weighted by Gasteiger charge is -2.23. The molecule has 4 N–H and O–H groups in total. The second-order valence-corrected chi connectivity index (χ2v) is 9.77. The number of hydrogen-bond acceptors (Lipinski definition) is 4. The van der Waals surface area contributed by atoms with Crippen LogP contribution in [0.3, 0.4) is 0 Å². The van der Waals surface area contributed by atoms with Gasteiger partial charge in [-0.3, -0.25) is 19.2 Å². The maximum Gasteiger partial charge on any atom is 0.357 e. The average molecular weight is 445 g/mol. The van der Waals surface area contributed by atoms with E-state index in [-0.39, 0.29) is 46.5 Å². The lowest BCUT2D eigenvalue weighted by Crippen LogP contribution is -2.23. The number of nitro benzene ring substituents is 1. The first-order valence-corrected chi connectivity index (χ1v) is 12.5. The third kappa shape index (κ3) is 4.04. The van der Waals surface area contributed by atoms with Crippen molar-refractivity contribution in [3.63, 3.8) is 0 Å². The fourth-order valence-corrected chi connectivity index (χ4v) is 6.40. The molecule has 160 valence electrons. The maximum absolute atomic E-state index is 12.5. The smallest absolute Gasteiger partial charge is 0.321 e. The van der Waals surface area contributed by atoms with Gasteiger partial charge in [0.05, 0.1) is 15.5 Å². The van der Waals surface area contributed by atoms with Gasteiger partial charge in [-0.15, -0.1) is 0 Å². The number of rotatable bonds is 7. The zero-order valence-corrected chi connectivity index (χ0v) is 18.5. The summed E-state index contributed by atoms with van der Waals surface area (Å²) in [7, 11) is -9.92. The normalized spacial score (nSPS) is 12.6. The number of hydrogen-bond donors (Lipinski definition) is 4. The standard InChI is InChI=1S/C18H25NO8P2/c1-5-10-9-14-15(18(11(10)6-2)29(25,26)27)12(7-3)16(19(20)21)13(8-4)17(14)28(22,23)24/h9H,5-8H2,1-4H3,(H2,22,23,24)(H2,25,26,27). The first-order valence-electron chi connectivity index (χ1n) is 9.27. The van der Waals surface area contributed by atoms with E-state index in [0.29, 0.717) is 17.5 Å². The van der Waals surface area contributed by atoms with Crippen LogP contribution in [0.1, 0.15) is 49.9 Å². The van der Waals surface area contributed by atoms with E-state index in [1.54, 1.807) is 27.7 Å². The van der Waals surface area contributed by atoms with Gasteiger partial charge in [-0.2, -0.15) is 0 Å². The Morgan fingerprint density at radius 3 is 1.66 bits per heavy atom. The van der Waals surface area contributed by atoms with Crippen molar-refractivity contribution in [1.82, 2.24) is 0 Å². The van der Waals surface area contributed by atoms with Crippen molar-refractivity contribution in [2.75, 3.05) is 0 Å². The maximum atomic E-state index is 12.5. The van der Waals surface area contributed by atoms with Gasteiger partial charge in [0, 0.05) is 16.5 Å². The monoisotopic (exact) mass is 445 g/mol. The lowest BCUT2D eigenvalue weighted by molar-refractivity contribution is -0.386. The van der Waals surface area contributed by atoms with E-state index in [1.807, 2.05) is 0 Å². The molecular formula is C18H25NO8P2. The minimum atomic E-state index is -5.00.